The Kier molecular flexibility index (Phi) is 5.50. The lowest BCUT2D eigenvalue weighted by atomic mass is 10.3. The maximum Gasteiger partial charge on any atom is 0.371 e. The summed E-state index contributed by atoms with van der Waals surface area (Å²) >= 11 is 0. The summed E-state index contributed by atoms with van der Waals surface area (Å²) in [5, 5.41) is 8.84. The number of rotatable bonds is 8. The highest BCUT2D eigenvalue weighted by Crippen LogP contribution is 2.24. The van der Waals surface area contributed by atoms with E-state index in [9.17, 15) is 18.0 Å². The SMILES string of the molecule is CCCCN(CC(N)=O)S(=O)(=O)c1cc(C(=O)O)oc1C. The number of furan rings is 1. The van der Waals surface area contributed by atoms with Crippen molar-refractivity contribution in [3.05, 3.63) is 17.6 Å². The number of unbranched alkanes of at least 4 members (excludes halogenated alkanes) is 1. The van der Waals surface area contributed by atoms with Crippen molar-refractivity contribution in [1.29, 1.82) is 0 Å². The number of carbonyl (C=O) groups is 2. The Morgan fingerprint density at radius 3 is 2.48 bits per heavy atom. The molecule has 0 saturated carbocycles. The van der Waals surface area contributed by atoms with E-state index < -0.39 is 34.2 Å². The standard InChI is InChI=1S/C12H18N2O6S/c1-3-4-5-14(7-11(13)15)21(18,19)10-6-9(12(16)17)20-8(10)2/h6H,3-5,7H2,1-2H3,(H2,13,15)(H,16,17). The summed E-state index contributed by atoms with van der Waals surface area (Å²) in [6, 6.07) is 0.937. The Bertz CT molecular complexity index is 634. The van der Waals surface area contributed by atoms with Crippen LogP contribution in [0.1, 0.15) is 36.1 Å². The van der Waals surface area contributed by atoms with E-state index in [1.54, 1.807) is 0 Å². The second-order valence-corrected chi connectivity index (χ2v) is 6.40. The number of aromatic carboxylic acids is 1. The summed E-state index contributed by atoms with van der Waals surface area (Å²) in [5.41, 5.74) is 5.07. The largest absolute Gasteiger partial charge is 0.475 e. The van der Waals surface area contributed by atoms with Gasteiger partial charge in [-0.05, 0) is 13.3 Å². The van der Waals surface area contributed by atoms with Gasteiger partial charge in [-0.3, -0.25) is 4.79 Å². The number of primary amides is 1. The van der Waals surface area contributed by atoms with E-state index in [2.05, 4.69) is 0 Å². The number of aryl methyl sites for hydroxylation is 1. The summed E-state index contributed by atoms with van der Waals surface area (Å²) in [6.45, 7) is 2.88. The molecule has 0 aliphatic carbocycles. The van der Waals surface area contributed by atoms with Gasteiger partial charge >= 0.3 is 5.97 Å². The van der Waals surface area contributed by atoms with Crippen LogP contribution in [-0.4, -0.2) is 42.8 Å². The number of carboxylic acids is 1. The van der Waals surface area contributed by atoms with E-state index in [1.165, 1.54) is 6.92 Å². The molecule has 0 aliphatic rings. The molecule has 0 saturated heterocycles. The summed E-state index contributed by atoms with van der Waals surface area (Å²) in [6.07, 6.45) is 1.28. The van der Waals surface area contributed by atoms with Gasteiger partial charge in [0.15, 0.2) is 0 Å². The van der Waals surface area contributed by atoms with Crippen LogP contribution in [0.3, 0.4) is 0 Å². The molecule has 1 rings (SSSR count). The van der Waals surface area contributed by atoms with Gasteiger partial charge in [0.05, 0.1) is 6.54 Å². The number of amides is 1. The minimum Gasteiger partial charge on any atom is -0.475 e. The van der Waals surface area contributed by atoms with Gasteiger partial charge in [-0.25, -0.2) is 13.2 Å². The third kappa shape index (κ3) is 4.05. The highest BCUT2D eigenvalue weighted by Gasteiger charge is 2.30. The van der Waals surface area contributed by atoms with Crippen LogP contribution in [-0.2, 0) is 14.8 Å². The molecule has 0 radical (unpaired) electrons. The Morgan fingerprint density at radius 2 is 2.05 bits per heavy atom. The van der Waals surface area contributed by atoms with Crippen LogP contribution in [0.25, 0.3) is 0 Å². The third-order valence-corrected chi connectivity index (χ3v) is 4.75. The summed E-state index contributed by atoms with van der Waals surface area (Å²) in [7, 11) is -4.04. The molecule has 9 heteroatoms. The Balaban J connectivity index is 3.21. The molecular formula is C12H18N2O6S. The fourth-order valence-corrected chi connectivity index (χ4v) is 3.36. The zero-order valence-electron chi connectivity index (χ0n) is 11.8. The average molecular weight is 318 g/mol. The molecule has 0 unspecified atom stereocenters. The zero-order chi connectivity index (χ0) is 16.2. The van der Waals surface area contributed by atoms with Gasteiger partial charge in [-0.2, -0.15) is 4.31 Å². The van der Waals surface area contributed by atoms with Gasteiger partial charge < -0.3 is 15.3 Å². The van der Waals surface area contributed by atoms with E-state index in [4.69, 9.17) is 15.3 Å². The van der Waals surface area contributed by atoms with Crippen LogP contribution >= 0.6 is 0 Å². The van der Waals surface area contributed by atoms with E-state index in [1.807, 2.05) is 6.92 Å². The van der Waals surface area contributed by atoms with E-state index >= 15 is 0 Å². The van der Waals surface area contributed by atoms with Crippen molar-refractivity contribution in [3.8, 4) is 0 Å². The van der Waals surface area contributed by atoms with Gasteiger partial charge in [0.25, 0.3) is 0 Å². The molecule has 0 fully saturated rings. The van der Waals surface area contributed by atoms with Crippen LogP contribution in [0.2, 0.25) is 0 Å². The first-order chi connectivity index (χ1) is 9.70. The lowest BCUT2D eigenvalue weighted by molar-refractivity contribution is -0.118. The Morgan fingerprint density at radius 1 is 1.43 bits per heavy atom. The molecule has 3 N–H and O–H groups in total. The number of hydrogen-bond donors (Lipinski definition) is 2. The lowest BCUT2D eigenvalue weighted by Gasteiger charge is -2.19. The van der Waals surface area contributed by atoms with Crippen molar-refractivity contribution in [2.24, 2.45) is 5.73 Å². The zero-order valence-corrected chi connectivity index (χ0v) is 12.6. The normalized spacial score (nSPS) is 11.8. The second kappa shape index (κ2) is 6.72. The van der Waals surface area contributed by atoms with Crippen LogP contribution in [0.4, 0.5) is 0 Å². The molecule has 118 valence electrons. The van der Waals surface area contributed by atoms with E-state index in [0.717, 1.165) is 16.8 Å². The van der Waals surface area contributed by atoms with Crippen LogP contribution in [0, 0.1) is 6.92 Å². The number of carbonyl (C=O) groups excluding carboxylic acids is 1. The van der Waals surface area contributed by atoms with E-state index in [0.29, 0.717) is 6.42 Å². The first-order valence-electron chi connectivity index (χ1n) is 6.32. The predicted octanol–water partition coefficient (Wildman–Crippen LogP) is 0.562. The fraction of sp³-hybridized carbons (Fsp3) is 0.500. The van der Waals surface area contributed by atoms with Crippen molar-refractivity contribution in [1.82, 2.24) is 4.31 Å². The number of nitrogens with two attached hydrogens (primary N) is 1. The quantitative estimate of drug-likeness (QED) is 0.720. The van der Waals surface area contributed by atoms with Crippen molar-refractivity contribution >= 4 is 21.9 Å². The molecule has 0 aliphatic heterocycles. The first-order valence-corrected chi connectivity index (χ1v) is 7.76. The summed E-state index contributed by atoms with van der Waals surface area (Å²) in [5.74, 6) is -2.66. The molecule has 0 bridgehead atoms. The van der Waals surface area contributed by atoms with Crippen molar-refractivity contribution in [2.75, 3.05) is 13.1 Å². The second-order valence-electron chi connectivity index (χ2n) is 4.49. The number of sulfonamides is 1. The molecule has 0 spiro atoms. The van der Waals surface area contributed by atoms with Gasteiger partial charge in [-0.15, -0.1) is 0 Å². The summed E-state index contributed by atoms with van der Waals surface area (Å²) in [4.78, 5) is 21.6. The Labute approximate surface area is 122 Å². The highest BCUT2D eigenvalue weighted by molar-refractivity contribution is 7.89. The third-order valence-electron chi connectivity index (χ3n) is 2.79. The minimum atomic E-state index is -4.04. The van der Waals surface area contributed by atoms with Crippen molar-refractivity contribution in [3.63, 3.8) is 0 Å². The smallest absolute Gasteiger partial charge is 0.371 e. The molecular weight excluding hydrogens is 300 g/mol. The average Bonchev–Trinajstić information content (AvgIpc) is 2.77. The highest BCUT2D eigenvalue weighted by atomic mass is 32.2. The molecule has 0 aromatic carbocycles. The van der Waals surface area contributed by atoms with Crippen molar-refractivity contribution in [2.45, 2.75) is 31.6 Å². The van der Waals surface area contributed by atoms with E-state index in [-0.39, 0.29) is 17.2 Å². The summed E-state index contributed by atoms with van der Waals surface area (Å²) < 4.78 is 30.8. The van der Waals surface area contributed by atoms with Gasteiger partial charge in [0.2, 0.25) is 21.7 Å². The molecule has 1 amide bonds. The molecule has 1 heterocycles. The Hall–Kier alpha value is -1.87. The first kappa shape index (κ1) is 17.2. The lowest BCUT2D eigenvalue weighted by Crippen LogP contribution is -2.39. The van der Waals surface area contributed by atoms with Crippen LogP contribution in [0.5, 0.6) is 0 Å². The van der Waals surface area contributed by atoms with Crippen LogP contribution < -0.4 is 5.73 Å². The van der Waals surface area contributed by atoms with Gasteiger partial charge in [-0.1, -0.05) is 13.3 Å². The monoisotopic (exact) mass is 318 g/mol. The molecule has 21 heavy (non-hydrogen) atoms. The molecule has 0 atom stereocenters. The topological polar surface area (TPSA) is 131 Å². The number of hydrogen-bond acceptors (Lipinski definition) is 5. The molecule has 8 nitrogen and oxygen atoms in total. The van der Waals surface area contributed by atoms with Gasteiger partial charge in [0.1, 0.15) is 10.7 Å². The maximum atomic E-state index is 12.5. The number of carboxylic acid groups (broad SMARTS) is 1. The minimum absolute atomic E-state index is 0.0432. The van der Waals surface area contributed by atoms with Crippen molar-refractivity contribution < 1.29 is 27.5 Å². The molecule has 1 aromatic rings. The fourth-order valence-electron chi connectivity index (χ4n) is 1.76. The maximum absolute atomic E-state index is 12.5. The van der Waals surface area contributed by atoms with Crippen LogP contribution in [0.15, 0.2) is 15.4 Å². The predicted molar refractivity (Wildman–Crippen MR) is 73.3 cm³/mol. The number of nitrogens with zero attached hydrogens (tertiary/aromatic N) is 1. The van der Waals surface area contributed by atoms with Gasteiger partial charge in [0, 0.05) is 12.6 Å². The molecule has 1 aromatic heterocycles.